The second-order valence-corrected chi connectivity index (χ2v) is 3.33. The number of fused-ring (bicyclic) bond motifs is 1. The van der Waals surface area contributed by atoms with Crippen LogP contribution in [0.2, 0.25) is 0 Å². The van der Waals surface area contributed by atoms with Gasteiger partial charge in [0.05, 0.1) is 13.7 Å². The highest BCUT2D eigenvalue weighted by Gasteiger charge is 2.22. The number of hydrogen-bond donors (Lipinski definition) is 0. The van der Waals surface area contributed by atoms with E-state index in [1.54, 1.807) is 7.11 Å². The van der Waals surface area contributed by atoms with Gasteiger partial charge < -0.3 is 9.47 Å². The topological polar surface area (TPSA) is 67.2 Å². The molecule has 0 saturated heterocycles. The molecule has 1 aliphatic rings. The fraction of sp³-hybridized carbons (Fsp3) is 0.400. The van der Waals surface area contributed by atoms with Crippen LogP contribution in [0.5, 0.6) is 11.5 Å². The molecular formula is C10H11N3O2. The highest BCUT2D eigenvalue weighted by atomic mass is 16.5. The van der Waals surface area contributed by atoms with Crippen LogP contribution in [-0.4, -0.2) is 19.8 Å². The summed E-state index contributed by atoms with van der Waals surface area (Å²) >= 11 is 0. The van der Waals surface area contributed by atoms with E-state index in [1.165, 1.54) is 0 Å². The number of ether oxygens (including phenoxy) is 2. The molecule has 1 aromatic carbocycles. The monoisotopic (exact) mass is 205 g/mol. The Morgan fingerprint density at radius 3 is 3.27 bits per heavy atom. The lowest BCUT2D eigenvalue weighted by Gasteiger charge is -2.05. The third-order valence-corrected chi connectivity index (χ3v) is 2.36. The number of hydrogen-bond acceptors (Lipinski definition) is 3. The van der Waals surface area contributed by atoms with E-state index in [0.717, 1.165) is 23.5 Å². The molecule has 1 aromatic rings. The molecule has 0 saturated carbocycles. The lowest BCUT2D eigenvalue weighted by Crippen LogP contribution is -2.16. The SMILES string of the molecule is COc1ccc2c(c1)C[C@@H](CN=[N+]=[N-])O2. The van der Waals surface area contributed by atoms with E-state index in [4.69, 9.17) is 15.0 Å². The van der Waals surface area contributed by atoms with Crippen LogP contribution in [0.25, 0.3) is 10.4 Å². The van der Waals surface area contributed by atoms with Gasteiger partial charge in [-0.3, -0.25) is 0 Å². The molecule has 0 fully saturated rings. The smallest absolute Gasteiger partial charge is 0.123 e. The summed E-state index contributed by atoms with van der Waals surface area (Å²) in [4.78, 5) is 2.72. The maximum atomic E-state index is 8.21. The summed E-state index contributed by atoms with van der Waals surface area (Å²) in [7, 11) is 1.63. The van der Waals surface area contributed by atoms with Crippen LogP contribution in [0.4, 0.5) is 0 Å². The van der Waals surface area contributed by atoms with Crippen molar-refractivity contribution in [1.82, 2.24) is 0 Å². The van der Waals surface area contributed by atoms with Gasteiger partial charge in [-0.2, -0.15) is 0 Å². The molecule has 2 rings (SSSR count). The van der Waals surface area contributed by atoms with E-state index in [-0.39, 0.29) is 6.10 Å². The summed E-state index contributed by atoms with van der Waals surface area (Å²) in [5, 5.41) is 3.50. The van der Waals surface area contributed by atoms with Gasteiger partial charge in [0.2, 0.25) is 0 Å². The van der Waals surface area contributed by atoms with Crippen LogP contribution >= 0.6 is 0 Å². The van der Waals surface area contributed by atoms with Crippen LogP contribution in [0.1, 0.15) is 5.56 Å². The third kappa shape index (κ3) is 1.97. The molecule has 1 aliphatic heterocycles. The molecule has 1 atom stereocenters. The predicted octanol–water partition coefficient (Wildman–Crippen LogP) is 2.31. The van der Waals surface area contributed by atoms with Gasteiger partial charge in [0, 0.05) is 16.9 Å². The Morgan fingerprint density at radius 2 is 2.53 bits per heavy atom. The fourth-order valence-electron chi connectivity index (χ4n) is 1.65. The minimum Gasteiger partial charge on any atom is -0.497 e. The van der Waals surface area contributed by atoms with Crippen LogP contribution in [0.15, 0.2) is 23.3 Å². The Morgan fingerprint density at radius 1 is 1.67 bits per heavy atom. The maximum Gasteiger partial charge on any atom is 0.123 e. The van der Waals surface area contributed by atoms with Crippen molar-refractivity contribution in [3.05, 3.63) is 34.2 Å². The van der Waals surface area contributed by atoms with Crippen molar-refractivity contribution in [1.29, 1.82) is 0 Å². The van der Waals surface area contributed by atoms with Crippen LogP contribution in [-0.2, 0) is 6.42 Å². The van der Waals surface area contributed by atoms with E-state index in [0.29, 0.717) is 6.54 Å². The predicted molar refractivity (Wildman–Crippen MR) is 55.1 cm³/mol. The highest BCUT2D eigenvalue weighted by Crippen LogP contribution is 2.31. The van der Waals surface area contributed by atoms with Crippen molar-refractivity contribution in [2.24, 2.45) is 5.11 Å². The summed E-state index contributed by atoms with van der Waals surface area (Å²) in [6.45, 7) is 0.369. The first-order valence-corrected chi connectivity index (χ1v) is 4.68. The molecule has 0 spiro atoms. The Balaban J connectivity index is 2.12. The first-order chi connectivity index (χ1) is 7.33. The van der Waals surface area contributed by atoms with Crippen LogP contribution < -0.4 is 9.47 Å². The van der Waals surface area contributed by atoms with E-state index in [2.05, 4.69) is 10.0 Å². The zero-order valence-electron chi connectivity index (χ0n) is 8.38. The Hall–Kier alpha value is -1.87. The molecule has 0 unspecified atom stereocenters. The zero-order valence-corrected chi connectivity index (χ0v) is 8.38. The maximum absolute atomic E-state index is 8.21. The Labute approximate surface area is 87.2 Å². The van der Waals surface area contributed by atoms with E-state index in [9.17, 15) is 0 Å². The van der Waals surface area contributed by atoms with E-state index < -0.39 is 0 Å². The average Bonchev–Trinajstić information content (AvgIpc) is 2.67. The molecule has 5 nitrogen and oxygen atoms in total. The van der Waals surface area contributed by atoms with Crippen molar-refractivity contribution in [2.45, 2.75) is 12.5 Å². The van der Waals surface area contributed by atoms with E-state index in [1.807, 2.05) is 18.2 Å². The van der Waals surface area contributed by atoms with Crippen LogP contribution in [0, 0.1) is 0 Å². The fourth-order valence-corrected chi connectivity index (χ4v) is 1.65. The molecule has 15 heavy (non-hydrogen) atoms. The van der Waals surface area contributed by atoms with Gasteiger partial charge in [0.1, 0.15) is 17.6 Å². The minimum atomic E-state index is -0.0389. The number of benzene rings is 1. The normalized spacial score (nSPS) is 17.5. The Kier molecular flexibility index (Phi) is 2.65. The van der Waals surface area contributed by atoms with Gasteiger partial charge >= 0.3 is 0 Å². The van der Waals surface area contributed by atoms with Gasteiger partial charge in [0.15, 0.2) is 0 Å². The summed E-state index contributed by atoms with van der Waals surface area (Å²) in [6.07, 6.45) is 0.731. The number of nitrogens with zero attached hydrogens (tertiary/aromatic N) is 3. The van der Waals surface area contributed by atoms with Crippen molar-refractivity contribution in [2.75, 3.05) is 13.7 Å². The lowest BCUT2D eigenvalue weighted by molar-refractivity contribution is 0.241. The standard InChI is InChI=1S/C10H11N3O2/c1-14-8-2-3-10-7(4-8)5-9(15-10)6-12-13-11/h2-4,9H,5-6H2,1H3/t9-/m0/s1. The van der Waals surface area contributed by atoms with E-state index >= 15 is 0 Å². The first-order valence-electron chi connectivity index (χ1n) is 4.68. The lowest BCUT2D eigenvalue weighted by atomic mass is 10.1. The third-order valence-electron chi connectivity index (χ3n) is 2.36. The van der Waals surface area contributed by atoms with Crippen molar-refractivity contribution in [3.63, 3.8) is 0 Å². The van der Waals surface area contributed by atoms with Gasteiger partial charge in [0.25, 0.3) is 0 Å². The summed E-state index contributed by atoms with van der Waals surface area (Å²) < 4.78 is 10.7. The quantitative estimate of drug-likeness (QED) is 0.431. The minimum absolute atomic E-state index is 0.0389. The Bertz CT molecular complexity index is 413. The largest absolute Gasteiger partial charge is 0.497 e. The number of rotatable bonds is 3. The van der Waals surface area contributed by atoms with Gasteiger partial charge in [-0.05, 0) is 23.7 Å². The van der Waals surface area contributed by atoms with Gasteiger partial charge in [-0.15, -0.1) is 0 Å². The summed E-state index contributed by atoms with van der Waals surface area (Å²) in [6, 6.07) is 5.68. The number of methoxy groups -OCH3 is 1. The second kappa shape index (κ2) is 4.11. The van der Waals surface area contributed by atoms with Crippen molar-refractivity contribution in [3.8, 4) is 11.5 Å². The zero-order chi connectivity index (χ0) is 10.7. The van der Waals surface area contributed by atoms with Crippen molar-refractivity contribution >= 4 is 0 Å². The van der Waals surface area contributed by atoms with Crippen LogP contribution in [0.3, 0.4) is 0 Å². The summed E-state index contributed by atoms with van der Waals surface area (Å²) in [5.41, 5.74) is 9.31. The first kappa shape index (κ1) is 9.68. The van der Waals surface area contributed by atoms with Gasteiger partial charge in [-0.25, -0.2) is 0 Å². The molecule has 1 heterocycles. The summed E-state index contributed by atoms with van der Waals surface area (Å²) in [5.74, 6) is 1.68. The molecule has 0 radical (unpaired) electrons. The number of azide groups is 1. The molecule has 0 bridgehead atoms. The molecule has 5 heteroatoms. The molecule has 0 aromatic heterocycles. The highest BCUT2D eigenvalue weighted by molar-refractivity contribution is 5.43. The molecule has 78 valence electrons. The van der Waals surface area contributed by atoms with Gasteiger partial charge in [-0.1, -0.05) is 5.11 Å². The molecular weight excluding hydrogens is 194 g/mol. The molecule has 0 aliphatic carbocycles. The van der Waals surface area contributed by atoms with Crippen molar-refractivity contribution < 1.29 is 9.47 Å². The average molecular weight is 205 g/mol. The molecule has 0 amide bonds. The second-order valence-electron chi connectivity index (χ2n) is 3.33. The molecule has 0 N–H and O–H groups in total.